The highest BCUT2D eigenvalue weighted by Crippen LogP contribution is 2.22. The van der Waals surface area contributed by atoms with Gasteiger partial charge < -0.3 is 10.1 Å². The lowest BCUT2D eigenvalue weighted by atomic mass is 10.2. The van der Waals surface area contributed by atoms with Crippen molar-refractivity contribution in [2.24, 2.45) is 0 Å². The Balaban J connectivity index is 2.67. The standard InChI is InChI=1S/C11H11ClN2O5/c1-19-10(15)4-5-13-11(16)8-3-2-7(14(17)18)6-9(8)12/h2-3,6H,4-5H2,1H3,(H,13,16). The van der Waals surface area contributed by atoms with Gasteiger partial charge in [0.05, 0.1) is 29.0 Å². The summed E-state index contributed by atoms with van der Waals surface area (Å²) in [6.07, 6.45) is 0.0346. The maximum absolute atomic E-state index is 11.7. The van der Waals surface area contributed by atoms with Crippen molar-refractivity contribution < 1.29 is 19.2 Å². The molecule has 0 atom stereocenters. The van der Waals surface area contributed by atoms with E-state index >= 15 is 0 Å². The summed E-state index contributed by atoms with van der Waals surface area (Å²) in [4.78, 5) is 32.4. The minimum atomic E-state index is -0.606. The normalized spacial score (nSPS) is 9.79. The molecule has 0 fully saturated rings. The molecule has 0 radical (unpaired) electrons. The van der Waals surface area contributed by atoms with E-state index in [0.29, 0.717) is 0 Å². The zero-order chi connectivity index (χ0) is 14.4. The third kappa shape index (κ3) is 4.22. The van der Waals surface area contributed by atoms with Crippen molar-refractivity contribution >= 4 is 29.2 Å². The first-order valence-electron chi connectivity index (χ1n) is 5.24. The maximum Gasteiger partial charge on any atom is 0.307 e. The number of esters is 1. The number of carbonyl (C=O) groups excluding carboxylic acids is 2. The fraction of sp³-hybridized carbons (Fsp3) is 0.273. The summed E-state index contributed by atoms with van der Waals surface area (Å²) >= 11 is 5.78. The van der Waals surface area contributed by atoms with Crippen LogP contribution in [0.15, 0.2) is 18.2 Å². The number of hydrogen-bond donors (Lipinski definition) is 1. The van der Waals surface area contributed by atoms with Crippen molar-refractivity contribution in [1.82, 2.24) is 5.32 Å². The summed E-state index contributed by atoms with van der Waals surface area (Å²) in [6.45, 7) is 0.0961. The number of hydrogen-bond acceptors (Lipinski definition) is 5. The van der Waals surface area contributed by atoms with E-state index in [4.69, 9.17) is 11.6 Å². The van der Waals surface area contributed by atoms with Crippen LogP contribution in [-0.2, 0) is 9.53 Å². The number of nitro benzene ring substituents is 1. The van der Waals surface area contributed by atoms with Gasteiger partial charge in [-0.1, -0.05) is 11.6 Å². The van der Waals surface area contributed by atoms with E-state index < -0.39 is 16.8 Å². The predicted octanol–water partition coefficient (Wildman–Crippen LogP) is 1.54. The molecule has 0 aromatic heterocycles. The Bertz CT molecular complexity index is 518. The smallest absolute Gasteiger partial charge is 0.307 e. The molecular weight excluding hydrogens is 276 g/mol. The van der Waals surface area contributed by atoms with Gasteiger partial charge in [0.1, 0.15) is 0 Å². The lowest BCUT2D eigenvalue weighted by Gasteiger charge is -2.05. The van der Waals surface area contributed by atoms with Gasteiger partial charge in [-0.2, -0.15) is 0 Å². The van der Waals surface area contributed by atoms with Gasteiger partial charge in [-0.25, -0.2) is 0 Å². The summed E-state index contributed by atoms with van der Waals surface area (Å²) in [7, 11) is 1.25. The van der Waals surface area contributed by atoms with E-state index in [9.17, 15) is 19.7 Å². The van der Waals surface area contributed by atoms with Crippen molar-refractivity contribution in [2.75, 3.05) is 13.7 Å². The average Bonchev–Trinajstić information content (AvgIpc) is 2.37. The SMILES string of the molecule is COC(=O)CCNC(=O)c1ccc([N+](=O)[O-])cc1Cl. The fourth-order valence-electron chi connectivity index (χ4n) is 1.28. The van der Waals surface area contributed by atoms with Crippen LogP contribution in [0.2, 0.25) is 5.02 Å². The lowest BCUT2D eigenvalue weighted by Crippen LogP contribution is -2.26. The van der Waals surface area contributed by atoms with Crippen LogP contribution < -0.4 is 5.32 Å². The molecule has 19 heavy (non-hydrogen) atoms. The Morgan fingerprint density at radius 2 is 2.16 bits per heavy atom. The second-order valence-electron chi connectivity index (χ2n) is 3.50. The Morgan fingerprint density at radius 1 is 1.47 bits per heavy atom. The molecule has 0 aliphatic carbocycles. The van der Waals surface area contributed by atoms with Gasteiger partial charge in [0.2, 0.25) is 0 Å². The molecule has 0 aliphatic heterocycles. The summed E-state index contributed by atoms with van der Waals surface area (Å²) < 4.78 is 4.41. The van der Waals surface area contributed by atoms with Crippen molar-refractivity contribution in [3.05, 3.63) is 38.9 Å². The number of benzene rings is 1. The molecule has 1 N–H and O–H groups in total. The van der Waals surface area contributed by atoms with Crippen molar-refractivity contribution in [1.29, 1.82) is 0 Å². The molecule has 0 unspecified atom stereocenters. The molecule has 7 nitrogen and oxygen atoms in total. The Labute approximate surface area is 113 Å². The van der Waals surface area contributed by atoms with Gasteiger partial charge in [-0.05, 0) is 6.07 Å². The number of nitrogens with one attached hydrogen (secondary N) is 1. The maximum atomic E-state index is 11.7. The van der Waals surface area contributed by atoms with E-state index in [1.165, 1.54) is 19.2 Å². The minimum absolute atomic E-state index is 0.0234. The Hall–Kier alpha value is -2.15. The summed E-state index contributed by atoms with van der Waals surface area (Å²) in [5.41, 5.74) is -0.0896. The number of halogens is 1. The van der Waals surface area contributed by atoms with E-state index in [2.05, 4.69) is 10.1 Å². The van der Waals surface area contributed by atoms with Crippen molar-refractivity contribution in [3.8, 4) is 0 Å². The van der Waals surface area contributed by atoms with Crippen LogP contribution in [0.4, 0.5) is 5.69 Å². The summed E-state index contributed by atoms with van der Waals surface area (Å²) in [5.74, 6) is -0.959. The number of nitro groups is 1. The van der Waals surface area contributed by atoms with Crippen LogP contribution in [0, 0.1) is 10.1 Å². The van der Waals surface area contributed by atoms with Crippen LogP contribution >= 0.6 is 11.6 Å². The van der Waals surface area contributed by atoms with Crippen LogP contribution in [-0.4, -0.2) is 30.5 Å². The quantitative estimate of drug-likeness (QED) is 0.503. The van der Waals surface area contributed by atoms with Gasteiger partial charge in [0.25, 0.3) is 11.6 Å². The first-order valence-corrected chi connectivity index (χ1v) is 5.62. The van der Waals surface area contributed by atoms with Gasteiger partial charge in [-0.15, -0.1) is 0 Å². The molecule has 1 aromatic rings. The zero-order valence-corrected chi connectivity index (χ0v) is 10.8. The molecule has 8 heteroatoms. The van der Waals surface area contributed by atoms with E-state index in [1.807, 2.05) is 0 Å². The van der Waals surface area contributed by atoms with Gasteiger partial charge in [0, 0.05) is 18.7 Å². The number of ether oxygens (including phenoxy) is 1. The number of amides is 1. The van der Waals surface area contributed by atoms with E-state index in [0.717, 1.165) is 6.07 Å². The topological polar surface area (TPSA) is 98.5 Å². The predicted molar refractivity (Wildman–Crippen MR) is 67.1 cm³/mol. The molecule has 0 spiro atoms. The van der Waals surface area contributed by atoms with Gasteiger partial charge in [-0.3, -0.25) is 19.7 Å². The number of rotatable bonds is 5. The number of methoxy groups -OCH3 is 1. The lowest BCUT2D eigenvalue weighted by molar-refractivity contribution is -0.384. The first kappa shape index (κ1) is 14.9. The molecule has 1 rings (SSSR count). The highest BCUT2D eigenvalue weighted by molar-refractivity contribution is 6.34. The largest absolute Gasteiger partial charge is 0.469 e. The molecule has 0 saturated carbocycles. The molecule has 0 bridgehead atoms. The van der Waals surface area contributed by atoms with Crippen molar-refractivity contribution in [3.63, 3.8) is 0 Å². The Kier molecular flexibility index (Phi) is 5.25. The molecule has 0 aliphatic rings. The molecule has 102 valence electrons. The highest BCUT2D eigenvalue weighted by Gasteiger charge is 2.14. The van der Waals surface area contributed by atoms with Crippen LogP contribution in [0.5, 0.6) is 0 Å². The Morgan fingerprint density at radius 3 is 2.68 bits per heavy atom. The summed E-state index contributed by atoms with van der Waals surface area (Å²) in [5, 5.41) is 12.9. The minimum Gasteiger partial charge on any atom is -0.469 e. The number of non-ortho nitro benzene ring substituents is 1. The number of nitrogens with zero attached hydrogens (tertiary/aromatic N) is 1. The van der Waals surface area contributed by atoms with Crippen LogP contribution in [0.3, 0.4) is 0 Å². The highest BCUT2D eigenvalue weighted by atomic mass is 35.5. The van der Waals surface area contributed by atoms with Crippen molar-refractivity contribution in [2.45, 2.75) is 6.42 Å². The molecule has 0 heterocycles. The van der Waals surface area contributed by atoms with Gasteiger partial charge in [0.15, 0.2) is 0 Å². The van der Waals surface area contributed by atoms with E-state index in [-0.39, 0.29) is 29.2 Å². The monoisotopic (exact) mass is 286 g/mol. The molecule has 1 amide bonds. The van der Waals surface area contributed by atoms with Gasteiger partial charge >= 0.3 is 5.97 Å². The summed E-state index contributed by atoms with van der Waals surface area (Å²) in [6, 6.07) is 3.53. The second-order valence-corrected chi connectivity index (χ2v) is 3.91. The third-order valence-electron chi connectivity index (χ3n) is 2.25. The molecule has 1 aromatic carbocycles. The first-order chi connectivity index (χ1) is 8.95. The second kappa shape index (κ2) is 6.69. The zero-order valence-electron chi connectivity index (χ0n) is 10.0. The average molecular weight is 287 g/mol. The van der Waals surface area contributed by atoms with E-state index in [1.54, 1.807) is 0 Å². The van der Waals surface area contributed by atoms with Crippen LogP contribution in [0.25, 0.3) is 0 Å². The molecular formula is C11H11ClN2O5. The number of carbonyl (C=O) groups is 2. The van der Waals surface area contributed by atoms with Crippen LogP contribution in [0.1, 0.15) is 16.8 Å². The fourth-order valence-corrected chi connectivity index (χ4v) is 1.54. The molecule has 0 saturated heterocycles. The third-order valence-corrected chi connectivity index (χ3v) is 2.56.